The maximum atomic E-state index is 13.6. The van der Waals surface area contributed by atoms with E-state index in [1.807, 2.05) is 48.5 Å². The fourth-order valence-corrected chi connectivity index (χ4v) is 6.32. The van der Waals surface area contributed by atoms with Crippen LogP contribution in [0, 0.1) is 11.8 Å². The molecular formula is C31H26N2O7. The van der Waals surface area contributed by atoms with Gasteiger partial charge in [0.15, 0.2) is 6.61 Å². The van der Waals surface area contributed by atoms with Gasteiger partial charge < -0.3 is 14.8 Å². The Bertz CT molecular complexity index is 1430. The van der Waals surface area contributed by atoms with Crippen molar-refractivity contribution in [3.8, 4) is 0 Å². The Balaban J connectivity index is 1.11. The molecule has 3 aliphatic carbocycles. The van der Waals surface area contributed by atoms with E-state index in [0.29, 0.717) is 11.3 Å². The maximum Gasteiger partial charge on any atom is 0.338 e. The van der Waals surface area contributed by atoms with E-state index in [1.165, 1.54) is 24.3 Å². The molecule has 4 aliphatic rings. The van der Waals surface area contributed by atoms with E-state index in [2.05, 4.69) is 5.32 Å². The molecule has 9 nitrogen and oxygen atoms in total. The highest BCUT2D eigenvalue weighted by Gasteiger charge is 2.61. The van der Waals surface area contributed by atoms with E-state index in [9.17, 15) is 24.0 Å². The van der Waals surface area contributed by atoms with Gasteiger partial charge in [0.25, 0.3) is 5.91 Å². The van der Waals surface area contributed by atoms with Crippen LogP contribution in [0.4, 0.5) is 5.69 Å². The Morgan fingerprint density at radius 1 is 0.750 bits per heavy atom. The van der Waals surface area contributed by atoms with E-state index in [-0.39, 0.29) is 18.4 Å². The Hall–Kier alpha value is -4.79. The first-order valence-corrected chi connectivity index (χ1v) is 13.1. The number of likely N-dealkylation sites (tertiary alicyclic amines) is 1. The van der Waals surface area contributed by atoms with Gasteiger partial charge in [-0.1, -0.05) is 48.5 Å². The minimum atomic E-state index is -0.851. The van der Waals surface area contributed by atoms with Crippen molar-refractivity contribution in [1.82, 2.24) is 4.90 Å². The lowest BCUT2D eigenvalue weighted by Crippen LogP contribution is -2.41. The molecule has 3 aromatic rings. The normalized spacial score (nSPS) is 21.8. The van der Waals surface area contributed by atoms with Crippen LogP contribution in [0.25, 0.3) is 0 Å². The van der Waals surface area contributed by atoms with Crippen LogP contribution in [0.15, 0.2) is 72.8 Å². The van der Waals surface area contributed by atoms with Gasteiger partial charge in [-0.3, -0.25) is 24.1 Å². The molecule has 9 heteroatoms. The number of esters is 2. The SMILES string of the molecule is CCOC(=O)c1ccc(NC(=O)COC(=O)CN2C(=O)[C@@H]3C4c5ccccc5C(c5ccccc54)[C@@H]3C2=O)cc1. The molecule has 0 spiro atoms. The summed E-state index contributed by atoms with van der Waals surface area (Å²) >= 11 is 0. The van der Waals surface area contributed by atoms with Gasteiger partial charge in [0.2, 0.25) is 11.8 Å². The van der Waals surface area contributed by atoms with E-state index < -0.39 is 54.6 Å². The zero-order valence-corrected chi connectivity index (χ0v) is 21.7. The summed E-state index contributed by atoms with van der Waals surface area (Å²) in [6.45, 7) is 0.807. The number of anilines is 1. The topological polar surface area (TPSA) is 119 Å². The third kappa shape index (κ3) is 4.14. The molecule has 0 radical (unpaired) electrons. The van der Waals surface area contributed by atoms with Crippen LogP contribution >= 0.6 is 0 Å². The second-order valence-electron chi connectivity index (χ2n) is 10.0. The molecule has 1 aliphatic heterocycles. The quantitative estimate of drug-likeness (QED) is 0.362. The number of nitrogens with one attached hydrogen (secondary N) is 1. The van der Waals surface area contributed by atoms with Crippen molar-refractivity contribution in [3.05, 3.63) is 101 Å². The van der Waals surface area contributed by atoms with Gasteiger partial charge in [-0.2, -0.15) is 0 Å². The predicted octanol–water partition coefficient (Wildman–Crippen LogP) is 3.24. The van der Waals surface area contributed by atoms with E-state index >= 15 is 0 Å². The van der Waals surface area contributed by atoms with Crippen molar-refractivity contribution in [1.29, 1.82) is 0 Å². The van der Waals surface area contributed by atoms with Crippen molar-refractivity contribution in [2.45, 2.75) is 18.8 Å². The van der Waals surface area contributed by atoms with Crippen molar-refractivity contribution in [3.63, 3.8) is 0 Å². The van der Waals surface area contributed by atoms with Crippen LogP contribution in [0.1, 0.15) is 51.4 Å². The van der Waals surface area contributed by atoms with Crippen LogP contribution in [0.3, 0.4) is 0 Å². The molecule has 0 saturated carbocycles. The lowest BCUT2D eigenvalue weighted by atomic mass is 9.55. The minimum Gasteiger partial charge on any atom is -0.462 e. The number of carbonyl (C=O) groups excluding carboxylic acids is 5. The third-order valence-electron chi connectivity index (χ3n) is 7.87. The Kier molecular flexibility index (Phi) is 6.42. The molecule has 1 N–H and O–H groups in total. The summed E-state index contributed by atoms with van der Waals surface area (Å²) < 4.78 is 10.0. The third-order valence-corrected chi connectivity index (χ3v) is 7.87. The first-order valence-electron chi connectivity index (χ1n) is 13.1. The molecule has 0 aromatic heterocycles. The number of hydrogen-bond acceptors (Lipinski definition) is 7. The van der Waals surface area contributed by atoms with Crippen LogP contribution in [-0.4, -0.2) is 54.3 Å². The van der Waals surface area contributed by atoms with Gasteiger partial charge in [-0.05, 0) is 53.4 Å². The molecule has 0 unspecified atom stereocenters. The molecule has 202 valence electrons. The van der Waals surface area contributed by atoms with Gasteiger partial charge in [0, 0.05) is 17.5 Å². The summed E-state index contributed by atoms with van der Waals surface area (Å²) in [6, 6.07) is 21.9. The molecule has 40 heavy (non-hydrogen) atoms. The van der Waals surface area contributed by atoms with Crippen molar-refractivity contribution in [2.75, 3.05) is 25.1 Å². The number of ether oxygens (including phenoxy) is 2. The number of benzene rings is 3. The summed E-state index contributed by atoms with van der Waals surface area (Å²) in [6.07, 6.45) is 0. The highest BCUT2D eigenvalue weighted by molar-refractivity contribution is 6.09. The summed E-state index contributed by atoms with van der Waals surface area (Å²) in [5.74, 6) is -4.41. The molecular weight excluding hydrogens is 512 g/mol. The van der Waals surface area contributed by atoms with E-state index in [0.717, 1.165) is 27.2 Å². The molecule has 1 saturated heterocycles. The minimum absolute atomic E-state index is 0.251. The smallest absolute Gasteiger partial charge is 0.338 e. The fourth-order valence-electron chi connectivity index (χ4n) is 6.32. The summed E-state index contributed by atoms with van der Waals surface area (Å²) in [5, 5.41) is 2.57. The lowest BCUT2D eigenvalue weighted by molar-refractivity contribution is -0.154. The Morgan fingerprint density at radius 2 is 1.25 bits per heavy atom. The van der Waals surface area contributed by atoms with Gasteiger partial charge in [0.05, 0.1) is 24.0 Å². The average molecular weight is 539 g/mol. The van der Waals surface area contributed by atoms with E-state index in [1.54, 1.807) is 6.92 Å². The largest absolute Gasteiger partial charge is 0.462 e. The molecule has 1 heterocycles. The predicted molar refractivity (Wildman–Crippen MR) is 142 cm³/mol. The number of hydrogen-bond donors (Lipinski definition) is 1. The van der Waals surface area contributed by atoms with Crippen molar-refractivity contribution >= 4 is 35.3 Å². The first kappa shape index (κ1) is 25.5. The van der Waals surface area contributed by atoms with Crippen molar-refractivity contribution in [2.24, 2.45) is 11.8 Å². The zero-order valence-electron chi connectivity index (χ0n) is 21.7. The number of carbonyl (C=O) groups is 5. The second kappa shape index (κ2) is 10.1. The molecule has 1 fully saturated rings. The van der Waals surface area contributed by atoms with Gasteiger partial charge in [0.1, 0.15) is 6.54 Å². The monoisotopic (exact) mass is 538 g/mol. The standard InChI is InChI=1S/C31H26N2O7/c1-2-39-31(38)17-11-13-18(14-12-17)32-23(34)16-40-24(35)15-33-29(36)27-25-19-7-3-4-8-20(19)26(28(27)30(33)37)22-10-6-5-9-21(22)25/h3-14,25-28H,2,15-16H2,1H3,(H,32,34)/t25?,26?,27-,28+. The summed E-state index contributed by atoms with van der Waals surface area (Å²) in [7, 11) is 0. The number of imide groups is 1. The van der Waals surface area contributed by atoms with E-state index in [4.69, 9.17) is 9.47 Å². The molecule has 2 bridgehead atoms. The first-order chi connectivity index (χ1) is 19.4. The number of rotatable bonds is 7. The van der Waals surface area contributed by atoms with Gasteiger partial charge >= 0.3 is 11.9 Å². The molecule has 2 atom stereocenters. The fraction of sp³-hybridized carbons (Fsp3) is 0.258. The molecule has 3 amide bonds. The van der Waals surface area contributed by atoms with Gasteiger partial charge in [-0.15, -0.1) is 0 Å². The van der Waals surface area contributed by atoms with Gasteiger partial charge in [-0.25, -0.2) is 4.79 Å². The number of amides is 3. The summed E-state index contributed by atoms with van der Waals surface area (Å²) in [5.41, 5.74) is 4.93. The van der Waals surface area contributed by atoms with Crippen molar-refractivity contribution < 1.29 is 33.4 Å². The average Bonchev–Trinajstić information content (AvgIpc) is 3.22. The zero-order chi connectivity index (χ0) is 28.0. The Morgan fingerprint density at radius 3 is 1.73 bits per heavy atom. The van der Waals surface area contributed by atoms with Crippen LogP contribution in [0.5, 0.6) is 0 Å². The lowest BCUT2D eigenvalue weighted by Gasteiger charge is -2.45. The molecule has 3 aromatic carbocycles. The van der Waals surface area contributed by atoms with Crippen LogP contribution in [0.2, 0.25) is 0 Å². The summed E-state index contributed by atoms with van der Waals surface area (Å²) in [4.78, 5) is 64.9. The maximum absolute atomic E-state index is 13.6. The molecule has 7 rings (SSSR count). The van der Waals surface area contributed by atoms with Crippen LogP contribution < -0.4 is 5.32 Å². The van der Waals surface area contributed by atoms with Crippen LogP contribution in [-0.2, 0) is 28.7 Å². The number of nitrogens with zero attached hydrogens (tertiary/aromatic N) is 1. The highest BCUT2D eigenvalue weighted by atomic mass is 16.5. The second-order valence-corrected chi connectivity index (χ2v) is 10.0. The highest BCUT2D eigenvalue weighted by Crippen LogP contribution is 2.60. The Labute approximate surface area is 230 Å².